The molecule has 4 nitrogen and oxygen atoms in total. The first-order chi connectivity index (χ1) is 7.87. The lowest BCUT2D eigenvalue weighted by atomic mass is 9.91. The van der Waals surface area contributed by atoms with E-state index in [0.717, 1.165) is 19.4 Å². The monoisotopic (exact) mass is 242 g/mol. The number of carbonyl (C=O) groups excluding carboxylic acids is 1. The average molecular weight is 242 g/mol. The predicted molar refractivity (Wildman–Crippen MR) is 68.9 cm³/mol. The zero-order valence-electron chi connectivity index (χ0n) is 11.6. The van der Waals surface area contributed by atoms with Crippen LogP contribution in [0.25, 0.3) is 0 Å². The number of hydrogen-bond donors (Lipinski definition) is 2. The third kappa shape index (κ3) is 5.04. The number of ether oxygens (including phenoxy) is 1. The lowest BCUT2D eigenvalue weighted by Gasteiger charge is -2.29. The maximum atomic E-state index is 11.8. The highest BCUT2D eigenvalue weighted by molar-refractivity contribution is 5.76. The summed E-state index contributed by atoms with van der Waals surface area (Å²) in [6, 6.07) is 0. The van der Waals surface area contributed by atoms with E-state index in [1.165, 1.54) is 0 Å². The number of amides is 1. The van der Waals surface area contributed by atoms with Crippen molar-refractivity contribution in [3.63, 3.8) is 0 Å². The van der Waals surface area contributed by atoms with Crippen LogP contribution < -0.4 is 10.6 Å². The second-order valence-corrected chi connectivity index (χ2v) is 6.26. The molecule has 0 bridgehead atoms. The summed E-state index contributed by atoms with van der Waals surface area (Å²) in [5.41, 5.74) is -0.0100. The van der Waals surface area contributed by atoms with Gasteiger partial charge < -0.3 is 15.4 Å². The van der Waals surface area contributed by atoms with E-state index >= 15 is 0 Å². The predicted octanol–water partition coefficient (Wildman–Crippen LogP) is 1.31. The average Bonchev–Trinajstić information content (AvgIpc) is 2.62. The number of carbonyl (C=O) groups is 1. The van der Waals surface area contributed by atoms with Crippen LogP contribution in [0.15, 0.2) is 0 Å². The SMILES string of the molecule is COCC1(CNC(=O)CC(C)(C)C)CCCN1. The second kappa shape index (κ2) is 5.83. The van der Waals surface area contributed by atoms with E-state index in [0.29, 0.717) is 19.6 Å². The van der Waals surface area contributed by atoms with Gasteiger partial charge in [0.1, 0.15) is 0 Å². The molecule has 0 spiro atoms. The lowest BCUT2D eigenvalue weighted by molar-refractivity contribution is -0.123. The van der Waals surface area contributed by atoms with Crippen LogP contribution in [0.2, 0.25) is 0 Å². The van der Waals surface area contributed by atoms with Gasteiger partial charge in [-0.3, -0.25) is 4.79 Å². The minimum absolute atomic E-state index is 0.0433. The van der Waals surface area contributed by atoms with E-state index in [2.05, 4.69) is 31.4 Å². The van der Waals surface area contributed by atoms with Crippen molar-refractivity contribution in [2.75, 3.05) is 26.8 Å². The Hall–Kier alpha value is -0.610. The van der Waals surface area contributed by atoms with E-state index in [1.807, 2.05) is 0 Å². The van der Waals surface area contributed by atoms with Crippen LogP contribution in [0.5, 0.6) is 0 Å². The van der Waals surface area contributed by atoms with E-state index in [9.17, 15) is 4.79 Å². The van der Waals surface area contributed by atoms with Gasteiger partial charge in [-0.25, -0.2) is 0 Å². The third-order valence-electron chi connectivity index (χ3n) is 3.07. The number of nitrogens with one attached hydrogen (secondary N) is 2. The van der Waals surface area contributed by atoms with Gasteiger partial charge in [0.25, 0.3) is 0 Å². The molecule has 0 aromatic carbocycles. The van der Waals surface area contributed by atoms with E-state index in [-0.39, 0.29) is 16.9 Å². The Bertz CT molecular complexity index is 253. The van der Waals surface area contributed by atoms with Crippen molar-refractivity contribution in [1.29, 1.82) is 0 Å². The molecule has 100 valence electrons. The normalized spacial score (nSPS) is 24.9. The number of methoxy groups -OCH3 is 1. The molecule has 1 fully saturated rings. The Kier molecular flexibility index (Phi) is 4.95. The van der Waals surface area contributed by atoms with Gasteiger partial charge in [-0.05, 0) is 24.8 Å². The summed E-state index contributed by atoms with van der Waals surface area (Å²) in [7, 11) is 1.71. The minimum atomic E-state index is -0.0533. The Morgan fingerprint density at radius 2 is 2.18 bits per heavy atom. The molecule has 1 rings (SSSR count). The zero-order valence-corrected chi connectivity index (χ0v) is 11.6. The fourth-order valence-corrected chi connectivity index (χ4v) is 2.28. The summed E-state index contributed by atoms with van der Waals surface area (Å²) in [5, 5.41) is 6.47. The topological polar surface area (TPSA) is 50.4 Å². The van der Waals surface area contributed by atoms with Crippen molar-refractivity contribution in [3.05, 3.63) is 0 Å². The van der Waals surface area contributed by atoms with Gasteiger partial charge in [0.15, 0.2) is 0 Å². The van der Waals surface area contributed by atoms with Gasteiger partial charge in [-0.1, -0.05) is 20.8 Å². The fraction of sp³-hybridized carbons (Fsp3) is 0.923. The van der Waals surface area contributed by atoms with Gasteiger partial charge in [0, 0.05) is 20.1 Å². The molecule has 1 heterocycles. The molecule has 17 heavy (non-hydrogen) atoms. The quantitative estimate of drug-likeness (QED) is 0.764. The number of hydrogen-bond acceptors (Lipinski definition) is 3. The number of rotatable bonds is 5. The molecule has 1 unspecified atom stereocenters. The molecular formula is C13H26N2O2. The molecule has 4 heteroatoms. The van der Waals surface area contributed by atoms with E-state index in [4.69, 9.17) is 4.74 Å². The van der Waals surface area contributed by atoms with Crippen molar-refractivity contribution >= 4 is 5.91 Å². The zero-order chi connectivity index (χ0) is 12.9. The maximum absolute atomic E-state index is 11.8. The van der Waals surface area contributed by atoms with Crippen LogP contribution in [0.4, 0.5) is 0 Å². The van der Waals surface area contributed by atoms with Crippen molar-refractivity contribution in [2.45, 2.75) is 45.6 Å². The van der Waals surface area contributed by atoms with Gasteiger partial charge in [0.05, 0.1) is 12.1 Å². The Labute approximate surface area is 104 Å². The molecule has 1 atom stereocenters. The second-order valence-electron chi connectivity index (χ2n) is 6.26. The van der Waals surface area contributed by atoms with Crippen LogP contribution >= 0.6 is 0 Å². The highest BCUT2D eigenvalue weighted by Gasteiger charge is 2.33. The summed E-state index contributed by atoms with van der Waals surface area (Å²) in [5.74, 6) is 0.127. The van der Waals surface area contributed by atoms with Crippen LogP contribution in [0, 0.1) is 5.41 Å². The first kappa shape index (κ1) is 14.5. The van der Waals surface area contributed by atoms with Crippen LogP contribution in [-0.4, -0.2) is 38.3 Å². The van der Waals surface area contributed by atoms with Gasteiger partial charge in [0.2, 0.25) is 5.91 Å². The van der Waals surface area contributed by atoms with Crippen molar-refractivity contribution in [2.24, 2.45) is 5.41 Å². The maximum Gasteiger partial charge on any atom is 0.220 e. The molecular weight excluding hydrogens is 216 g/mol. The standard InChI is InChI=1S/C13H26N2O2/c1-12(2,3)8-11(16)14-9-13(10-17-4)6-5-7-15-13/h15H,5-10H2,1-4H3,(H,14,16). The first-order valence-corrected chi connectivity index (χ1v) is 6.38. The van der Waals surface area contributed by atoms with Crippen molar-refractivity contribution < 1.29 is 9.53 Å². The van der Waals surface area contributed by atoms with Crippen LogP contribution in [0.1, 0.15) is 40.0 Å². The fourth-order valence-electron chi connectivity index (χ4n) is 2.28. The third-order valence-corrected chi connectivity index (χ3v) is 3.07. The molecule has 2 N–H and O–H groups in total. The molecule has 1 aliphatic heterocycles. The molecule has 0 aromatic rings. The summed E-state index contributed by atoms with van der Waals surface area (Å²) in [6.07, 6.45) is 2.78. The minimum Gasteiger partial charge on any atom is -0.383 e. The van der Waals surface area contributed by atoms with Gasteiger partial charge in [-0.15, -0.1) is 0 Å². The largest absolute Gasteiger partial charge is 0.383 e. The molecule has 0 aliphatic carbocycles. The van der Waals surface area contributed by atoms with Crippen LogP contribution in [0.3, 0.4) is 0 Å². The first-order valence-electron chi connectivity index (χ1n) is 6.38. The summed E-state index contributed by atoms with van der Waals surface area (Å²) < 4.78 is 5.25. The Morgan fingerprint density at radius 3 is 2.65 bits per heavy atom. The molecule has 0 radical (unpaired) electrons. The van der Waals surface area contributed by atoms with Gasteiger partial charge >= 0.3 is 0 Å². The molecule has 1 aliphatic rings. The molecule has 1 amide bonds. The molecule has 0 saturated carbocycles. The van der Waals surface area contributed by atoms with Crippen LogP contribution in [-0.2, 0) is 9.53 Å². The molecule has 0 aromatic heterocycles. The highest BCUT2D eigenvalue weighted by Crippen LogP contribution is 2.20. The van der Waals surface area contributed by atoms with E-state index in [1.54, 1.807) is 7.11 Å². The summed E-state index contributed by atoms with van der Waals surface area (Å²) in [6.45, 7) is 8.55. The van der Waals surface area contributed by atoms with E-state index < -0.39 is 0 Å². The Balaban J connectivity index is 2.39. The molecule has 1 saturated heterocycles. The van der Waals surface area contributed by atoms with Crippen molar-refractivity contribution in [1.82, 2.24) is 10.6 Å². The summed E-state index contributed by atoms with van der Waals surface area (Å²) >= 11 is 0. The Morgan fingerprint density at radius 1 is 1.47 bits per heavy atom. The lowest BCUT2D eigenvalue weighted by Crippen LogP contribution is -2.53. The summed E-state index contributed by atoms with van der Waals surface area (Å²) in [4.78, 5) is 11.8. The highest BCUT2D eigenvalue weighted by atomic mass is 16.5. The smallest absolute Gasteiger partial charge is 0.220 e. The van der Waals surface area contributed by atoms with Gasteiger partial charge in [-0.2, -0.15) is 0 Å². The van der Waals surface area contributed by atoms with Crippen molar-refractivity contribution in [3.8, 4) is 0 Å².